The second-order valence-electron chi connectivity index (χ2n) is 6.73. The second-order valence-corrected chi connectivity index (χ2v) is 6.73. The zero-order chi connectivity index (χ0) is 18.1. The van der Waals surface area contributed by atoms with E-state index in [1.807, 2.05) is 4.57 Å². The van der Waals surface area contributed by atoms with Gasteiger partial charge >= 0.3 is 0 Å². The molecule has 1 aliphatic heterocycles. The summed E-state index contributed by atoms with van der Waals surface area (Å²) in [6, 6.07) is 14.3. The molecule has 1 aliphatic rings. The third-order valence-electron chi connectivity index (χ3n) is 4.78. The second kappa shape index (κ2) is 6.75. The summed E-state index contributed by atoms with van der Waals surface area (Å²) < 4.78 is 17.3. The van der Waals surface area contributed by atoms with E-state index in [2.05, 4.69) is 47.3 Å². The highest BCUT2D eigenvalue weighted by molar-refractivity contribution is 5.89. The van der Waals surface area contributed by atoms with Gasteiger partial charge in [0.25, 0.3) is 11.7 Å². The van der Waals surface area contributed by atoms with Crippen LogP contribution in [-0.2, 0) is 24.3 Å². The van der Waals surface area contributed by atoms with Crippen LogP contribution in [0.3, 0.4) is 0 Å². The number of fused-ring (bicyclic) bond motifs is 1. The van der Waals surface area contributed by atoms with Crippen molar-refractivity contribution in [1.29, 1.82) is 0 Å². The van der Waals surface area contributed by atoms with Gasteiger partial charge in [0.05, 0.1) is 13.0 Å². The number of hydrogen-bond donors (Lipinski definition) is 1. The molecular weight excluding hydrogens is 329 g/mol. The Kier molecular flexibility index (Phi) is 4.29. The van der Waals surface area contributed by atoms with Crippen LogP contribution in [0.1, 0.15) is 17.8 Å². The number of carbonyl (C=O) groups excluding carboxylic acids is 1. The summed E-state index contributed by atoms with van der Waals surface area (Å²) in [6.07, 6.45) is 4.12. The van der Waals surface area contributed by atoms with Gasteiger partial charge in [-0.1, -0.05) is 29.8 Å². The summed E-state index contributed by atoms with van der Waals surface area (Å²) >= 11 is 0. The van der Waals surface area contributed by atoms with Gasteiger partial charge in [0.1, 0.15) is 12.0 Å². The molecule has 0 spiro atoms. The zero-order valence-electron chi connectivity index (χ0n) is 14.7. The summed E-state index contributed by atoms with van der Waals surface area (Å²) in [4.78, 5) is 12.4. The highest BCUT2D eigenvalue weighted by Gasteiger charge is 2.29. The van der Waals surface area contributed by atoms with E-state index in [0.29, 0.717) is 5.69 Å². The van der Waals surface area contributed by atoms with E-state index in [9.17, 15) is 9.18 Å². The molecule has 2 aromatic carbocycles. The van der Waals surface area contributed by atoms with Crippen LogP contribution in [0.4, 0.5) is 10.1 Å². The van der Waals surface area contributed by atoms with Crippen LogP contribution in [0, 0.1) is 12.7 Å². The normalized spacial score (nSPS) is 12.8. The van der Waals surface area contributed by atoms with E-state index in [0.717, 1.165) is 30.6 Å². The fourth-order valence-corrected chi connectivity index (χ4v) is 3.49. The predicted octanol–water partition coefficient (Wildman–Crippen LogP) is 3.48. The quantitative estimate of drug-likeness (QED) is 0.719. The number of anilines is 1. The first-order chi connectivity index (χ1) is 12.6. The molecule has 0 radical (unpaired) electrons. The maximum Gasteiger partial charge on any atom is 0.266 e. The molecule has 0 atom stereocenters. The minimum absolute atomic E-state index is 0.114. The average Bonchev–Trinajstić information content (AvgIpc) is 3.22. The van der Waals surface area contributed by atoms with Crippen molar-refractivity contribution in [3.05, 3.63) is 71.9 Å². The molecule has 0 fully saturated rings. The van der Waals surface area contributed by atoms with Crippen LogP contribution in [0.25, 0.3) is 11.3 Å². The molecule has 0 saturated carbocycles. The molecule has 1 N–H and O–H groups in total. The van der Waals surface area contributed by atoms with Crippen LogP contribution < -0.4 is 9.88 Å². The van der Waals surface area contributed by atoms with Gasteiger partial charge in [0.2, 0.25) is 0 Å². The maximum atomic E-state index is 13.0. The highest BCUT2D eigenvalue weighted by Crippen LogP contribution is 2.25. The summed E-state index contributed by atoms with van der Waals surface area (Å²) in [5, 5.41) is 2.83. The number of rotatable bonds is 4. The number of imidazole rings is 1. The Bertz CT molecular complexity index is 943. The average molecular weight is 350 g/mol. The van der Waals surface area contributed by atoms with Gasteiger partial charge < -0.3 is 5.32 Å². The van der Waals surface area contributed by atoms with Gasteiger partial charge in [-0.05, 0) is 37.6 Å². The first-order valence-electron chi connectivity index (χ1n) is 8.84. The first kappa shape index (κ1) is 16.5. The molecule has 4 rings (SSSR count). The van der Waals surface area contributed by atoms with Crippen LogP contribution in [0.5, 0.6) is 0 Å². The van der Waals surface area contributed by atoms with E-state index in [1.165, 1.54) is 23.5 Å². The minimum atomic E-state index is -0.314. The Hall–Kier alpha value is -2.95. The van der Waals surface area contributed by atoms with Crippen LogP contribution in [-0.4, -0.2) is 10.5 Å². The van der Waals surface area contributed by atoms with E-state index >= 15 is 0 Å². The monoisotopic (exact) mass is 350 g/mol. The summed E-state index contributed by atoms with van der Waals surface area (Å²) in [5.41, 5.74) is 4.14. The van der Waals surface area contributed by atoms with Gasteiger partial charge in [0, 0.05) is 11.3 Å². The summed E-state index contributed by atoms with van der Waals surface area (Å²) in [6.45, 7) is 3.30. The lowest BCUT2D eigenvalue weighted by atomic mass is 10.1. The Balaban J connectivity index is 1.57. The van der Waals surface area contributed by atoms with Gasteiger partial charge in [0.15, 0.2) is 12.2 Å². The number of halogens is 1. The Morgan fingerprint density at radius 3 is 2.62 bits per heavy atom. The molecule has 2 heterocycles. The van der Waals surface area contributed by atoms with Crippen molar-refractivity contribution in [3.8, 4) is 11.3 Å². The first-order valence-corrected chi connectivity index (χ1v) is 8.84. The molecule has 0 aliphatic carbocycles. The van der Waals surface area contributed by atoms with E-state index in [4.69, 9.17) is 0 Å². The van der Waals surface area contributed by atoms with Gasteiger partial charge in [-0.15, -0.1) is 0 Å². The minimum Gasteiger partial charge on any atom is -0.323 e. The molecule has 0 unspecified atom stereocenters. The van der Waals surface area contributed by atoms with Crippen LogP contribution >= 0.6 is 0 Å². The zero-order valence-corrected chi connectivity index (χ0v) is 14.7. The Labute approximate surface area is 151 Å². The third-order valence-corrected chi connectivity index (χ3v) is 4.78. The number of carbonyl (C=O) groups is 1. The van der Waals surface area contributed by atoms with E-state index in [-0.39, 0.29) is 18.3 Å². The number of aryl methyl sites for hydroxylation is 1. The predicted molar refractivity (Wildman–Crippen MR) is 98.2 cm³/mol. The smallest absolute Gasteiger partial charge is 0.266 e. The Morgan fingerprint density at radius 2 is 1.88 bits per heavy atom. The van der Waals surface area contributed by atoms with Crippen LogP contribution in [0.15, 0.2) is 54.7 Å². The highest BCUT2D eigenvalue weighted by atomic mass is 19.1. The molecular formula is C21H21FN3O+. The Morgan fingerprint density at radius 1 is 1.15 bits per heavy atom. The van der Waals surface area contributed by atoms with E-state index < -0.39 is 0 Å². The van der Waals surface area contributed by atoms with Crippen LogP contribution in [0.2, 0.25) is 0 Å². The van der Waals surface area contributed by atoms with Crippen molar-refractivity contribution in [3.63, 3.8) is 0 Å². The summed E-state index contributed by atoms with van der Waals surface area (Å²) in [7, 11) is 0. The number of nitrogens with zero attached hydrogens (tertiary/aromatic N) is 2. The maximum absolute atomic E-state index is 13.0. The number of benzene rings is 2. The fraction of sp³-hybridized carbons (Fsp3) is 0.238. The third kappa shape index (κ3) is 3.25. The molecule has 1 aromatic heterocycles. The SMILES string of the molecule is Cc1ccc(-c2c[n+](CC(=O)Nc3ccc(F)cc3)c3n2CCC3)cc1. The lowest BCUT2D eigenvalue weighted by molar-refractivity contribution is -0.690. The fourth-order valence-electron chi connectivity index (χ4n) is 3.49. The number of amides is 1. The van der Waals surface area contributed by atoms with Gasteiger partial charge in [-0.3, -0.25) is 4.79 Å². The molecule has 4 nitrogen and oxygen atoms in total. The van der Waals surface area contributed by atoms with Crippen molar-refractivity contribution in [2.45, 2.75) is 32.9 Å². The van der Waals surface area contributed by atoms with Crippen molar-refractivity contribution in [2.24, 2.45) is 0 Å². The van der Waals surface area contributed by atoms with Crippen molar-refractivity contribution < 1.29 is 13.8 Å². The topological polar surface area (TPSA) is 37.9 Å². The lowest BCUT2D eigenvalue weighted by Crippen LogP contribution is -2.42. The van der Waals surface area contributed by atoms with Crippen molar-refractivity contribution >= 4 is 11.6 Å². The van der Waals surface area contributed by atoms with Gasteiger partial charge in [-0.25, -0.2) is 13.5 Å². The standard InChI is InChI=1S/C21H20FN3O/c1-15-4-6-16(7-5-15)19-13-24(21-3-2-12-25(19)21)14-20(26)23-18-10-8-17(22)9-11-18/h4-11,13H,2-3,12,14H2,1H3/p+1. The van der Waals surface area contributed by atoms with Crippen molar-refractivity contribution in [1.82, 2.24) is 4.57 Å². The molecule has 132 valence electrons. The number of nitrogens with one attached hydrogen (secondary N) is 1. The summed E-state index contributed by atoms with van der Waals surface area (Å²) in [5.74, 6) is 0.748. The molecule has 5 heteroatoms. The largest absolute Gasteiger partial charge is 0.323 e. The van der Waals surface area contributed by atoms with E-state index in [1.54, 1.807) is 12.1 Å². The molecule has 0 saturated heterocycles. The van der Waals surface area contributed by atoms with Crippen molar-refractivity contribution in [2.75, 3.05) is 5.32 Å². The van der Waals surface area contributed by atoms with Gasteiger partial charge in [-0.2, -0.15) is 0 Å². The molecule has 3 aromatic rings. The molecule has 26 heavy (non-hydrogen) atoms. The molecule has 1 amide bonds. The molecule has 0 bridgehead atoms. The number of aromatic nitrogens is 2. The number of hydrogen-bond acceptors (Lipinski definition) is 1. The lowest BCUT2D eigenvalue weighted by Gasteiger charge is -2.04.